The predicted molar refractivity (Wildman–Crippen MR) is 86.3 cm³/mol. The summed E-state index contributed by atoms with van der Waals surface area (Å²) in [5.41, 5.74) is 0.862. The lowest BCUT2D eigenvalue weighted by Gasteiger charge is -2.24. The van der Waals surface area contributed by atoms with Crippen molar-refractivity contribution >= 4 is 17.5 Å². The van der Waals surface area contributed by atoms with Crippen LogP contribution in [0.2, 0.25) is 0 Å². The Hall–Kier alpha value is -2.04. The van der Waals surface area contributed by atoms with Crippen molar-refractivity contribution < 1.29 is 14.3 Å². The van der Waals surface area contributed by atoms with Gasteiger partial charge in [0.25, 0.3) is 0 Å². The Morgan fingerprint density at radius 3 is 2.61 bits per heavy atom. The number of methoxy groups -OCH3 is 1. The molecule has 0 radical (unpaired) electrons. The van der Waals surface area contributed by atoms with Crippen LogP contribution in [0.25, 0.3) is 0 Å². The SMILES string of the molecule is COc1ccc(N2C[C@@]3(CCN(C(=O)C4CC4)C3)CC2=O)cc1. The van der Waals surface area contributed by atoms with Crippen molar-refractivity contribution in [1.82, 2.24) is 4.90 Å². The first-order valence-corrected chi connectivity index (χ1v) is 8.33. The molecule has 1 aromatic rings. The van der Waals surface area contributed by atoms with Crippen molar-refractivity contribution in [3.05, 3.63) is 24.3 Å². The van der Waals surface area contributed by atoms with Gasteiger partial charge in [0.2, 0.25) is 11.8 Å². The molecule has 3 fully saturated rings. The Morgan fingerprint density at radius 2 is 1.96 bits per heavy atom. The number of likely N-dealkylation sites (tertiary alicyclic amines) is 1. The third-order valence-corrected chi connectivity index (χ3v) is 5.38. The summed E-state index contributed by atoms with van der Waals surface area (Å²) in [5, 5.41) is 0. The number of hydrogen-bond acceptors (Lipinski definition) is 3. The normalized spacial score (nSPS) is 27.1. The van der Waals surface area contributed by atoms with Crippen LogP contribution in [0.3, 0.4) is 0 Å². The summed E-state index contributed by atoms with van der Waals surface area (Å²) in [6.45, 7) is 2.26. The van der Waals surface area contributed by atoms with Crippen LogP contribution in [-0.2, 0) is 9.59 Å². The molecule has 1 spiro atoms. The monoisotopic (exact) mass is 314 g/mol. The molecule has 5 nitrogen and oxygen atoms in total. The van der Waals surface area contributed by atoms with E-state index in [0.717, 1.165) is 43.8 Å². The highest BCUT2D eigenvalue weighted by Crippen LogP contribution is 2.43. The summed E-state index contributed by atoms with van der Waals surface area (Å²) >= 11 is 0. The minimum atomic E-state index is -0.0540. The van der Waals surface area contributed by atoms with Crippen LogP contribution in [0.4, 0.5) is 5.69 Å². The molecule has 0 aromatic heterocycles. The summed E-state index contributed by atoms with van der Waals surface area (Å²) in [5.74, 6) is 1.52. The molecule has 1 saturated carbocycles. The van der Waals surface area contributed by atoms with Crippen molar-refractivity contribution in [3.8, 4) is 5.75 Å². The largest absolute Gasteiger partial charge is 0.497 e. The standard InChI is InChI=1S/C18H22N2O3/c1-23-15-6-4-14(5-7-15)20-12-18(10-16(20)21)8-9-19(11-18)17(22)13-2-3-13/h4-7,13H,2-3,8-12H2,1H3/t18-/m0/s1. The number of carbonyl (C=O) groups is 2. The Balaban J connectivity index is 1.48. The number of amides is 2. The van der Waals surface area contributed by atoms with E-state index in [9.17, 15) is 9.59 Å². The van der Waals surface area contributed by atoms with E-state index in [2.05, 4.69) is 0 Å². The number of ether oxygens (including phenoxy) is 1. The lowest BCUT2D eigenvalue weighted by atomic mass is 9.86. The van der Waals surface area contributed by atoms with E-state index in [0.29, 0.717) is 18.9 Å². The van der Waals surface area contributed by atoms with Crippen LogP contribution in [0.15, 0.2) is 24.3 Å². The number of nitrogens with zero attached hydrogens (tertiary/aromatic N) is 2. The Labute approximate surface area is 136 Å². The zero-order valence-corrected chi connectivity index (χ0v) is 13.5. The molecule has 1 atom stereocenters. The van der Waals surface area contributed by atoms with E-state index in [1.807, 2.05) is 34.1 Å². The van der Waals surface area contributed by atoms with Crippen LogP contribution >= 0.6 is 0 Å². The molecule has 0 N–H and O–H groups in total. The van der Waals surface area contributed by atoms with Crippen molar-refractivity contribution in [2.45, 2.75) is 25.7 Å². The summed E-state index contributed by atoms with van der Waals surface area (Å²) in [4.78, 5) is 28.6. The van der Waals surface area contributed by atoms with E-state index in [4.69, 9.17) is 4.74 Å². The number of anilines is 1. The Bertz CT molecular complexity index is 638. The van der Waals surface area contributed by atoms with Crippen LogP contribution < -0.4 is 9.64 Å². The average molecular weight is 314 g/mol. The van der Waals surface area contributed by atoms with Gasteiger partial charge in [-0.15, -0.1) is 0 Å². The first-order chi connectivity index (χ1) is 11.1. The van der Waals surface area contributed by atoms with Gasteiger partial charge in [-0.25, -0.2) is 0 Å². The third-order valence-electron chi connectivity index (χ3n) is 5.38. The molecule has 1 aromatic carbocycles. The maximum absolute atomic E-state index is 12.5. The molecule has 3 aliphatic rings. The van der Waals surface area contributed by atoms with Gasteiger partial charge in [-0.05, 0) is 43.5 Å². The van der Waals surface area contributed by atoms with Crippen LogP contribution in [0.5, 0.6) is 5.75 Å². The van der Waals surface area contributed by atoms with Crippen molar-refractivity contribution in [3.63, 3.8) is 0 Å². The maximum Gasteiger partial charge on any atom is 0.227 e. The summed E-state index contributed by atoms with van der Waals surface area (Å²) in [7, 11) is 1.63. The maximum atomic E-state index is 12.5. The molecule has 1 aliphatic carbocycles. The molecule has 2 amide bonds. The quantitative estimate of drug-likeness (QED) is 0.858. The number of rotatable bonds is 3. The van der Waals surface area contributed by atoms with E-state index in [-0.39, 0.29) is 17.2 Å². The second-order valence-corrected chi connectivity index (χ2v) is 7.14. The average Bonchev–Trinajstić information content (AvgIpc) is 3.27. The van der Waals surface area contributed by atoms with E-state index < -0.39 is 0 Å². The van der Waals surface area contributed by atoms with Crippen molar-refractivity contribution in [1.29, 1.82) is 0 Å². The van der Waals surface area contributed by atoms with Gasteiger partial charge >= 0.3 is 0 Å². The minimum Gasteiger partial charge on any atom is -0.497 e. The Morgan fingerprint density at radius 1 is 1.22 bits per heavy atom. The second kappa shape index (κ2) is 5.25. The van der Waals surface area contributed by atoms with E-state index >= 15 is 0 Å². The van der Waals surface area contributed by atoms with E-state index in [1.54, 1.807) is 7.11 Å². The highest BCUT2D eigenvalue weighted by molar-refractivity contribution is 5.96. The fourth-order valence-corrected chi connectivity index (χ4v) is 3.88. The van der Waals surface area contributed by atoms with Crippen molar-refractivity contribution in [2.75, 3.05) is 31.6 Å². The smallest absolute Gasteiger partial charge is 0.227 e. The fourth-order valence-electron chi connectivity index (χ4n) is 3.88. The van der Waals surface area contributed by atoms with Crippen molar-refractivity contribution in [2.24, 2.45) is 11.3 Å². The van der Waals surface area contributed by atoms with Gasteiger partial charge in [0.05, 0.1) is 7.11 Å². The topological polar surface area (TPSA) is 49.9 Å². The van der Waals surface area contributed by atoms with Gasteiger partial charge in [-0.2, -0.15) is 0 Å². The summed E-state index contributed by atoms with van der Waals surface area (Å²) < 4.78 is 5.17. The molecule has 0 unspecified atom stereocenters. The number of benzene rings is 1. The lowest BCUT2D eigenvalue weighted by molar-refractivity contribution is -0.132. The molecular weight excluding hydrogens is 292 g/mol. The zero-order chi connectivity index (χ0) is 16.0. The predicted octanol–water partition coefficient (Wildman–Crippen LogP) is 2.06. The first kappa shape index (κ1) is 14.5. The van der Waals surface area contributed by atoms with Gasteiger partial charge in [0.1, 0.15) is 5.75 Å². The third kappa shape index (κ3) is 2.58. The number of hydrogen-bond donors (Lipinski definition) is 0. The summed E-state index contributed by atoms with van der Waals surface area (Å²) in [6.07, 6.45) is 3.57. The molecular formula is C18H22N2O3. The van der Waals surface area contributed by atoms with Crippen LogP contribution in [0, 0.1) is 11.3 Å². The Kier molecular flexibility index (Phi) is 3.32. The molecule has 0 bridgehead atoms. The highest BCUT2D eigenvalue weighted by Gasteiger charge is 2.50. The molecule has 2 heterocycles. The molecule has 23 heavy (non-hydrogen) atoms. The highest BCUT2D eigenvalue weighted by atomic mass is 16.5. The molecule has 4 rings (SSSR count). The molecule has 5 heteroatoms. The minimum absolute atomic E-state index is 0.0540. The van der Waals surface area contributed by atoms with Gasteiger partial charge in [-0.1, -0.05) is 0 Å². The van der Waals surface area contributed by atoms with Crippen LogP contribution in [-0.4, -0.2) is 43.5 Å². The zero-order valence-electron chi connectivity index (χ0n) is 13.5. The number of carbonyl (C=O) groups excluding carboxylic acids is 2. The van der Waals surface area contributed by atoms with Gasteiger partial charge in [0.15, 0.2) is 0 Å². The van der Waals surface area contributed by atoms with Gasteiger partial charge in [-0.3, -0.25) is 9.59 Å². The molecule has 122 valence electrons. The summed E-state index contributed by atoms with van der Waals surface area (Å²) in [6, 6.07) is 7.62. The van der Waals surface area contributed by atoms with Crippen LogP contribution in [0.1, 0.15) is 25.7 Å². The second-order valence-electron chi connectivity index (χ2n) is 7.14. The molecule has 2 saturated heterocycles. The lowest BCUT2D eigenvalue weighted by Crippen LogP contribution is -2.34. The van der Waals surface area contributed by atoms with E-state index in [1.165, 1.54) is 0 Å². The fraction of sp³-hybridized carbons (Fsp3) is 0.556. The molecule has 2 aliphatic heterocycles. The first-order valence-electron chi connectivity index (χ1n) is 8.33. The van der Waals surface area contributed by atoms with Gasteiger partial charge < -0.3 is 14.5 Å². The van der Waals surface area contributed by atoms with Gasteiger partial charge in [0, 0.05) is 43.1 Å².